The van der Waals surface area contributed by atoms with Crippen molar-refractivity contribution in [2.24, 2.45) is 0 Å². The highest BCUT2D eigenvalue weighted by atomic mass is 32.1. The number of thiol groups is 2. The van der Waals surface area contributed by atoms with Crippen molar-refractivity contribution in [3.05, 3.63) is 0 Å². The molecule has 0 aliphatic carbocycles. The molecule has 0 amide bonds. The van der Waals surface area contributed by atoms with E-state index in [0.717, 1.165) is 0 Å². The molecule has 0 aromatic heterocycles. The quantitative estimate of drug-likeness (QED) is 0.526. The van der Waals surface area contributed by atoms with Gasteiger partial charge in [-0.2, -0.15) is 25.3 Å². The van der Waals surface area contributed by atoms with Crippen LogP contribution in [0.2, 0.25) is 0 Å². The van der Waals surface area contributed by atoms with Gasteiger partial charge in [0.05, 0.1) is 23.7 Å². The van der Waals surface area contributed by atoms with Gasteiger partial charge in [-0.05, 0) is 26.7 Å². The molecule has 0 saturated heterocycles. The van der Waals surface area contributed by atoms with E-state index in [9.17, 15) is 9.59 Å². The Morgan fingerprint density at radius 3 is 1.59 bits per heavy atom. The lowest BCUT2D eigenvalue weighted by Crippen LogP contribution is -2.20. The molecule has 0 N–H and O–H groups in total. The second-order valence-corrected chi connectivity index (χ2v) is 4.71. The summed E-state index contributed by atoms with van der Waals surface area (Å²) in [5, 5.41) is -0.865. The minimum Gasteiger partial charge on any atom is -0.465 e. The van der Waals surface area contributed by atoms with Crippen molar-refractivity contribution in [3.8, 4) is 0 Å². The molecule has 0 bridgehead atoms. The Balaban J connectivity index is 3.75. The monoisotopic (exact) mass is 280 g/mol. The summed E-state index contributed by atoms with van der Waals surface area (Å²) in [6, 6.07) is 0. The van der Waals surface area contributed by atoms with Gasteiger partial charge in [-0.15, -0.1) is 0 Å². The van der Waals surface area contributed by atoms with Crippen LogP contribution in [0.15, 0.2) is 0 Å². The number of rotatable bonds is 8. The summed E-state index contributed by atoms with van der Waals surface area (Å²) >= 11 is 8.28. The van der Waals surface area contributed by atoms with Gasteiger partial charge in [-0.1, -0.05) is 6.42 Å². The average Bonchev–Trinajstić information content (AvgIpc) is 2.29. The Kier molecular flexibility index (Phi) is 9.44. The zero-order valence-corrected chi connectivity index (χ0v) is 12.0. The van der Waals surface area contributed by atoms with E-state index >= 15 is 0 Å². The van der Waals surface area contributed by atoms with E-state index < -0.39 is 10.5 Å². The number of hydrogen-bond donors (Lipinski definition) is 2. The van der Waals surface area contributed by atoms with Crippen LogP contribution in [0.3, 0.4) is 0 Å². The molecular weight excluding hydrogens is 260 g/mol. The normalized spacial score (nSPS) is 13.9. The highest BCUT2D eigenvalue weighted by Crippen LogP contribution is 2.14. The second kappa shape index (κ2) is 9.65. The van der Waals surface area contributed by atoms with E-state index in [1.807, 2.05) is 0 Å². The first-order valence-corrected chi connectivity index (χ1v) is 6.75. The lowest BCUT2D eigenvalue weighted by atomic mass is 10.1. The third-order valence-electron chi connectivity index (χ3n) is 2.07. The van der Waals surface area contributed by atoms with Crippen molar-refractivity contribution in [1.82, 2.24) is 0 Å². The molecule has 0 aliphatic rings. The van der Waals surface area contributed by atoms with Crippen molar-refractivity contribution in [3.63, 3.8) is 0 Å². The minimum atomic E-state index is -0.433. The molecule has 0 fully saturated rings. The topological polar surface area (TPSA) is 52.6 Å². The van der Waals surface area contributed by atoms with Crippen LogP contribution in [0.25, 0.3) is 0 Å². The number of hydrogen-bond acceptors (Lipinski definition) is 6. The standard InChI is InChI=1S/C11H20O4S2/c1-3-14-10(12)8(16)6-5-7-9(17)11(13)15-4-2/h8-9,16-17H,3-7H2,1-2H3. The van der Waals surface area contributed by atoms with Crippen LogP contribution in [0.1, 0.15) is 33.1 Å². The van der Waals surface area contributed by atoms with Gasteiger partial charge >= 0.3 is 11.9 Å². The van der Waals surface area contributed by atoms with E-state index in [-0.39, 0.29) is 11.9 Å². The molecule has 17 heavy (non-hydrogen) atoms. The first-order valence-electron chi connectivity index (χ1n) is 5.72. The number of carbonyl (C=O) groups is 2. The Labute approximate surface area is 113 Å². The highest BCUT2D eigenvalue weighted by Gasteiger charge is 2.18. The Bertz CT molecular complexity index is 222. The fourth-order valence-corrected chi connectivity index (χ4v) is 1.73. The number of ether oxygens (including phenoxy) is 2. The van der Waals surface area contributed by atoms with Crippen molar-refractivity contribution < 1.29 is 19.1 Å². The fourth-order valence-electron chi connectivity index (χ4n) is 1.22. The van der Waals surface area contributed by atoms with Gasteiger partial charge in [0, 0.05) is 0 Å². The average molecular weight is 280 g/mol. The maximum atomic E-state index is 11.2. The van der Waals surface area contributed by atoms with Gasteiger partial charge < -0.3 is 9.47 Å². The molecule has 0 aromatic rings. The molecule has 2 unspecified atom stereocenters. The third-order valence-corrected chi connectivity index (χ3v) is 3.01. The molecule has 2 atom stereocenters. The SMILES string of the molecule is CCOC(=O)C(S)CCCC(S)C(=O)OCC. The molecule has 0 heterocycles. The predicted molar refractivity (Wildman–Crippen MR) is 72.7 cm³/mol. The summed E-state index contributed by atoms with van der Waals surface area (Å²) in [7, 11) is 0. The highest BCUT2D eigenvalue weighted by molar-refractivity contribution is 7.82. The largest absolute Gasteiger partial charge is 0.465 e. The van der Waals surface area contributed by atoms with E-state index in [4.69, 9.17) is 9.47 Å². The van der Waals surface area contributed by atoms with Crippen LogP contribution in [0, 0.1) is 0 Å². The van der Waals surface area contributed by atoms with Crippen LogP contribution in [0.5, 0.6) is 0 Å². The van der Waals surface area contributed by atoms with E-state index in [1.54, 1.807) is 13.8 Å². The Hall–Kier alpha value is -0.360. The molecular formula is C11H20O4S2. The second-order valence-electron chi connectivity index (χ2n) is 3.47. The molecule has 0 aliphatic heterocycles. The molecule has 0 rings (SSSR count). The fraction of sp³-hybridized carbons (Fsp3) is 0.818. The van der Waals surface area contributed by atoms with Crippen LogP contribution in [-0.4, -0.2) is 35.7 Å². The molecule has 0 aromatic carbocycles. The van der Waals surface area contributed by atoms with Gasteiger partial charge in [-0.25, -0.2) is 0 Å². The maximum absolute atomic E-state index is 11.2. The van der Waals surface area contributed by atoms with Crippen LogP contribution in [-0.2, 0) is 19.1 Å². The van der Waals surface area contributed by atoms with Gasteiger partial charge in [0.15, 0.2) is 0 Å². The predicted octanol–water partition coefficient (Wildman–Crippen LogP) is 1.88. The lowest BCUT2D eigenvalue weighted by Gasteiger charge is -2.12. The Morgan fingerprint density at radius 2 is 1.29 bits per heavy atom. The van der Waals surface area contributed by atoms with Crippen LogP contribution < -0.4 is 0 Å². The third kappa shape index (κ3) is 7.54. The smallest absolute Gasteiger partial charge is 0.318 e. The van der Waals surface area contributed by atoms with Gasteiger partial charge in [0.2, 0.25) is 0 Å². The van der Waals surface area contributed by atoms with Gasteiger partial charge in [0.1, 0.15) is 0 Å². The number of carbonyl (C=O) groups excluding carboxylic acids is 2. The summed E-state index contributed by atoms with van der Waals surface area (Å²) in [6.45, 7) is 4.22. The summed E-state index contributed by atoms with van der Waals surface area (Å²) in [5.74, 6) is -0.634. The minimum absolute atomic E-state index is 0.317. The van der Waals surface area contributed by atoms with Crippen molar-refractivity contribution >= 4 is 37.2 Å². The van der Waals surface area contributed by atoms with E-state index in [0.29, 0.717) is 32.5 Å². The van der Waals surface area contributed by atoms with E-state index in [1.165, 1.54) is 0 Å². The summed E-state index contributed by atoms with van der Waals surface area (Å²) in [5.41, 5.74) is 0. The molecule has 100 valence electrons. The summed E-state index contributed by atoms with van der Waals surface area (Å²) in [6.07, 6.45) is 1.82. The number of esters is 2. The summed E-state index contributed by atoms with van der Waals surface area (Å²) < 4.78 is 9.64. The zero-order chi connectivity index (χ0) is 13.3. The van der Waals surface area contributed by atoms with Crippen LogP contribution >= 0.6 is 25.3 Å². The first kappa shape index (κ1) is 16.6. The lowest BCUT2D eigenvalue weighted by molar-refractivity contribution is -0.142. The van der Waals surface area contributed by atoms with Crippen molar-refractivity contribution in [1.29, 1.82) is 0 Å². The van der Waals surface area contributed by atoms with Crippen molar-refractivity contribution in [2.75, 3.05) is 13.2 Å². The zero-order valence-electron chi connectivity index (χ0n) is 10.2. The maximum Gasteiger partial charge on any atom is 0.318 e. The van der Waals surface area contributed by atoms with Gasteiger partial charge in [-0.3, -0.25) is 9.59 Å². The molecule has 4 nitrogen and oxygen atoms in total. The molecule has 0 saturated carbocycles. The van der Waals surface area contributed by atoms with E-state index in [2.05, 4.69) is 25.3 Å². The first-order chi connectivity index (χ1) is 8.02. The van der Waals surface area contributed by atoms with Crippen molar-refractivity contribution in [2.45, 2.75) is 43.6 Å². The molecule has 0 radical (unpaired) electrons. The summed E-state index contributed by atoms with van der Waals surface area (Å²) in [4.78, 5) is 22.5. The molecule has 6 heteroatoms. The van der Waals surface area contributed by atoms with Crippen LogP contribution in [0.4, 0.5) is 0 Å². The molecule has 0 spiro atoms. The Morgan fingerprint density at radius 1 is 0.941 bits per heavy atom. The van der Waals surface area contributed by atoms with Gasteiger partial charge in [0.25, 0.3) is 0 Å².